The third kappa shape index (κ3) is 3.48. The van der Waals surface area contributed by atoms with Crippen LogP contribution in [0.15, 0.2) is 25.3 Å². The first-order valence-electron chi connectivity index (χ1n) is 11.5. The van der Waals surface area contributed by atoms with Gasteiger partial charge in [-0.15, -0.1) is 6.58 Å². The number of hydrogen-bond acceptors (Lipinski definition) is 6. The molecule has 32 heavy (non-hydrogen) atoms. The lowest BCUT2D eigenvalue weighted by atomic mass is 9.66. The first-order chi connectivity index (χ1) is 15.1. The fourth-order valence-electron chi connectivity index (χ4n) is 5.89. The van der Waals surface area contributed by atoms with Crippen LogP contribution in [0.1, 0.15) is 47.0 Å². The highest BCUT2D eigenvalue weighted by Gasteiger charge is 2.79. The topological polar surface area (TPSA) is 96.4 Å². The van der Waals surface area contributed by atoms with Gasteiger partial charge in [-0.05, 0) is 40.0 Å². The van der Waals surface area contributed by atoms with Crippen molar-refractivity contribution in [3.8, 4) is 0 Å². The second-order valence-electron chi connectivity index (χ2n) is 9.51. The molecule has 1 spiro atoms. The van der Waals surface area contributed by atoms with Gasteiger partial charge in [0.1, 0.15) is 24.2 Å². The molecular weight excluding hydrogens is 412 g/mol. The Kier molecular flexibility index (Phi) is 6.86. The molecule has 3 rings (SSSR count). The molecule has 2 bridgehead atoms. The smallest absolute Gasteiger partial charge is 0.313 e. The van der Waals surface area contributed by atoms with Crippen LogP contribution in [0.2, 0.25) is 0 Å². The van der Waals surface area contributed by atoms with Crippen LogP contribution in [-0.2, 0) is 23.9 Å². The molecule has 0 aromatic heterocycles. The molecule has 3 fully saturated rings. The van der Waals surface area contributed by atoms with Gasteiger partial charge in [-0.1, -0.05) is 25.7 Å². The van der Waals surface area contributed by atoms with E-state index >= 15 is 0 Å². The molecule has 0 aliphatic carbocycles. The van der Waals surface area contributed by atoms with Crippen LogP contribution >= 0.6 is 0 Å². The predicted molar refractivity (Wildman–Crippen MR) is 118 cm³/mol. The zero-order valence-corrected chi connectivity index (χ0v) is 19.6. The molecule has 178 valence electrons. The lowest BCUT2D eigenvalue weighted by molar-refractivity contribution is -0.161. The van der Waals surface area contributed by atoms with Crippen molar-refractivity contribution in [3.05, 3.63) is 25.3 Å². The van der Waals surface area contributed by atoms with Gasteiger partial charge in [0.25, 0.3) is 0 Å². The van der Waals surface area contributed by atoms with E-state index in [1.165, 1.54) is 11.0 Å². The summed E-state index contributed by atoms with van der Waals surface area (Å²) in [6, 6.07) is -1.59. The first kappa shape index (κ1) is 24.5. The average molecular weight is 449 g/mol. The Morgan fingerprint density at radius 2 is 2.03 bits per heavy atom. The van der Waals surface area contributed by atoms with Gasteiger partial charge in [0.05, 0.1) is 24.2 Å². The van der Waals surface area contributed by atoms with E-state index in [-0.39, 0.29) is 31.1 Å². The van der Waals surface area contributed by atoms with Crippen molar-refractivity contribution in [2.75, 3.05) is 19.8 Å². The van der Waals surface area contributed by atoms with Crippen LogP contribution in [0.5, 0.6) is 0 Å². The molecule has 3 heterocycles. The quantitative estimate of drug-likeness (QED) is 0.403. The Morgan fingerprint density at radius 3 is 2.56 bits per heavy atom. The average Bonchev–Trinajstić information content (AvgIpc) is 3.32. The van der Waals surface area contributed by atoms with Crippen molar-refractivity contribution < 1.29 is 29.0 Å². The van der Waals surface area contributed by atoms with Crippen LogP contribution in [0.4, 0.5) is 0 Å². The maximum atomic E-state index is 13.9. The van der Waals surface area contributed by atoms with Gasteiger partial charge in [0.2, 0.25) is 11.8 Å². The molecule has 8 nitrogen and oxygen atoms in total. The van der Waals surface area contributed by atoms with Crippen LogP contribution in [0.3, 0.4) is 0 Å². The lowest BCUT2D eigenvalue weighted by Crippen LogP contribution is -2.59. The van der Waals surface area contributed by atoms with Gasteiger partial charge in [-0.2, -0.15) is 0 Å². The van der Waals surface area contributed by atoms with Crippen molar-refractivity contribution >= 4 is 17.8 Å². The lowest BCUT2D eigenvalue weighted by Gasteiger charge is -2.40. The molecule has 3 aliphatic rings. The van der Waals surface area contributed by atoms with E-state index in [1.807, 2.05) is 27.7 Å². The fraction of sp³-hybridized carbons (Fsp3) is 0.708. The number of aliphatic hydroxyl groups is 1. The summed E-state index contributed by atoms with van der Waals surface area (Å²) in [5, 5.41) is 10.0. The molecule has 0 aromatic carbocycles. The van der Waals surface area contributed by atoms with E-state index in [1.54, 1.807) is 11.0 Å². The van der Waals surface area contributed by atoms with E-state index < -0.39 is 41.1 Å². The number of amides is 2. The third-order valence-corrected chi connectivity index (χ3v) is 7.35. The SMILES string of the molecule is C=CCOC(=O)[C@@H]1[C@H]2C(=O)N([C@@H](CC)CO)C(C(=O)N(CC=C)C(C)C)C23CC[C@@]1(C)O3. The number of fused-ring (bicyclic) bond motifs is 1. The molecule has 2 amide bonds. The van der Waals surface area contributed by atoms with E-state index in [9.17, 15) is 19.5 Å². The van der Waals surface area contributed by atoms with E-state index in [0.717, 1.165) is 0 Å². The zero-order valence-electron chi connectivity index (χ0n) is 19.6. The van der Waals surface area contributed by atoms with Gasteiger partial charge in [-0.3, -0.25) is 14.4 Å². The summed E-state index contributed by atoms with van der Waals surface area (Å²) in [5.41, 5.74) is -2.01. The molecule has 6 atom stereocenters. The van der Waals surface area contributed by atoms with E-state index in [4.69, 9.17) is 9.47 Å². The molecule has 3 saturated heterocycles. The molecule has 0 radical (unpaired) electrons. The Morgan fingerprint density at radius 1 is 1.34 bits per heavy atom. The largest absolute Gasteiger partial charge is 0.461 e. The summed E-state index contributed by atoms with van der Waals surface area (Å²) >= 11 is 0. The van der Waals surface area contributed by atoms with Gasteiger partial charge in [0, 0.05) is 12.6 Å². The van der Waals surface area contributed by atoms with E-state index in [2.05, 4.69) is 13.2 Å². The highest BCUT2D eigenvalue weighted by molar-refractivity contribution is 5.98. The molecule has 3 aliphatic heterocycles. The van der Waals surface area contributed by atoms with Crippen LogP contribution < -0.4 is 0 Å². The number of hydrogen-bond donors (Lipinski definition) is 1. The monoisotopic (exact) mass is 448 g/mol. The second kappa shape index (κ2) is 8.98. The second-order valence-corrected chi connectivity index (χ2v) is 9.51. The minimum absolute atomic E-state index is 0.0418. The number of aliphatic hydroxyl groups excluding tert-OH is 1. The fourth-order valence-corrected chi connectivity index (χ4v) is 5.89. The van der Waals surface area contributed by atoms with Crippen molar-refractivity contribution in [1.82, 2.24) is 9.80 Å². The normalized spacial score (nSPS) is 33.9. The number of likely N-dealkylation sites (tertiary alicyclic amines) is 1. The number of carbonyl (C=O) groups excluding carboxylic acids is 3. The molecule has 8 heteroatoms. The summed E-state index contributed by atoms with van der Waals surface area (Å²) in [6.45, 7) is 14.9. The van der Waals surface area contributed by atoms with Crippen LogP contribution in [-0.4, -0.2) is 81.8 Å². The Balaban J connectivity index is 2.12. The number of carbonyl (C=O) groups is 3. The van der Waals surface area contributed by atoms with E-state index in [0.29, 0.717) is 25.8 Å². The highest BCUT2D eigenvalue weighted by Crippen LogP contribution is 2.63. The number of nitrogens with zero attached hydrogens (tertiary/aromatic N) is 2. The molecule has 2 unspecified atom stereocenters. The maximum absolute atomic E-state index is 13.9. The molecular formula is C24H36N2O6. The standard InChI is InChI=1S/C24H36N2O6/c1-7-12-25(15(4)5)21(29)19-24-11-10-23(6,32-24)18(22(30)31-13-8-2)17(24)20(28)26(19)16(9-3)14-27/h7-8,15-19,27H,1-2,9-14H2,3-6H3/t16-,17-,18-,19?,23+,24?/m0/s1. The van der Waals surface area contributed by atoms with Crippen LogP contribution in [0, 0.1) is 11.8 Å². The Labute approximate surface area is 190 Å². The summed E-state index contributed by atoms with van der Waals surface area (Å²) in [4.78, 5) is 44.0. The molecule has 0 saturated carbocycles. The zero-order chi connectivity index (χ0) is 23.8. The van der Waals surface area contributed by atoms with Gasteiger partial charge in [-0.25, -0.2) is 0 Å². The Hall–Kier alpha value is -2.19. The molecule has 0 aromatic rings. The summed E-state index contributed by atoms with van der Waals surface area (Å²) < 4.78 is 11.9. The number of rotatable bonds is 10. The van der Waals surface area contributed by atoms with Crippen LogP contribution in [0.25, 0.3) is 0 Å². The summed E-state index contributed by atoms with van der Waals surface area (Å²) in [5.74, 6) is -2.72. The first-order valence-corrected chi connectivity index (χ1v) is 11.5. The van der Waals surface area contributed by atoms with Gasteiger partial charge >= 0.3 is 5.97 Å². The number of esters is 1. The van der Waals surface area contributed by atoms with Crippen molar-refractivity contribution in [1.29, 1.82) is 0 Å². The maximum Gasteiger partial charge on any atom is 0.313 e. The van der Waals surface area contributed by atoms with Gasteiger partial charge < -0.3 is 24.4 Å². The minimum atomic E-state index is -1.13. The van der Waals surface area contributed by atoms with Crippen molar-refractivity contribution in [2.45, 2.75) is 76.3 Å². The Bertz CT molecular complexity index is 793. The van der Waals surface area contributed by atoms with Gasteiger partial charge in [0.15, 0.2) is 0 Å². The predicted octanol–water partition coefficient (Wildman–Crippen LogP) is 1.67. The third-order valence-electron chi connectivity index (χ3n) is 7.35. The summed E-state index contributed by atoms with van der Waals surface area (Å²) in [6.07, 6.45) is 4.64. The minimum Gasteiger partial charge on any atom is -0.461 e. The summed E-state index contributed by atoms with van der Waals surface area (Å²) in [7, 11) is 0. The highest BCUT2D eigenvalue weighted by atomic mass is 16.6. The number of ether oxygens (including phenoxy) is 2. The molecule has 1 N–H and O–H groups in total. The van der Waals surface area contributed by atoms with Crippen molar-refractivity contribution in [3.63, 3.8) is 0 Å². The van der Waals surface area contributed by atoms with Crippen molar-refractivity contribution in [2.24, 2.45) is 11.8 Å².